The van der Waals surface area contributed by atoms with Gasteiger partial charge >= 0.3 is 0 Å². The van der Waals surface area contributed by atoms with E-state index in [-0.39, 0.29) is 24.3 Å². The van der Waals surface area contributed by atoms with E-state index in [0.717, 1.165) is 49.2 Å². The molecular formula is C20H36N4O2S. The molecule has 0 radical (unpaired) electrons. The van der Waals surface area contributed by atoms with Crippen LogP contribution in [-0.2, 0) is 9.59 Å². The third-order valence-corrected chi connectivity index (χ3v) is 5.69. The van der Waals surface area contributed by atoms with Crippen LogP contribution in [0.1, 0.15) is 56.5 Å². The van der Waals surface area contributed by atoms with Gasteiger partial charge in [-0.2, -0.15) is 0 Å². The minimum Gasteiger partial charge on any atom is -0.333 e. The van der Waals surface area contributed by atoms with E-state index in [1.807, 2.05) is 27.9 Å². The van der Waals surface area contributed by atoms with Gasteiger partial charge in [0.25, 0.3) is 0 Å². The molecule has 0 aliphatic heterocycles. The molecule has 1 unspecified atom stereocenters. The summed E-state index contributed by atoms with van der Waals surface area (Å²) in [5.41, 5.74) is 0.930. The van der Waals surface area contributed by atoms with Crippen molar-refractivity contribution in [2.24, 2.45) is 5.92 Å². The van der Waals surface area contributed by atoms with Gasteiger partial charge < -0.3 is 15.1 Å². The zero-order valence-corrected chi connectivity index (χ0v) is 18.6. The van der Waals surface area contributed by atoms with Crippen molar-refractivity contribution in [1.29, 1.82) is 0 Å². The second kappa shape index (κ2) is 12.1. The highest BCUT2D eigenvalue weighted by atomic mass is 32.1. The first-order chi connectivity index (χ1) is 12.8. The normalized spacial score (nSPS) is 12.3. The molecule has 0 aromatic carbocycles. The molecule has 27 heavy (non-hydrogen) atoms. The van der Waals surface area contributed by atoms with Gasteiger partial charge in [0, 0.05) is 17.3 Å². The van der Waals surface area contributed by atoms with E-state index >= 15 is 0 Å². The number of thiazole rings is 1. The van der Waals surface area contributed by atoms with Crippen LogP contribution in [0.2, 0.25) is 0 Å². The standard InChI is InChI=1S/C20H36N4O2S/c1-7-9-11-17(8-2)19(26)24(13-10-12-23(5)6)14-18(25)22-20-21-15(3)16(4)27-20/h17H,7-14H2,1-6H3,(H,21,22,25). The first-order valence-electron chi connectivity index (χ1n) is 9.95. The molecule has 1 aromatic rings. The molecule has 0 bridgehead atoms. The number of unbranched alkanes of at least 4 members (excludes halogenated alkanes) is 1. The third kappa shape index (κ3) is 8.39. The minimum atomic E-state index is -0.174. The van der Waals surface area contributed by atoms with Crippen LogP contribution in [0.5, 0.6) is 0 Å². The summed E-state index contributed by atoms with van der Waals surface area (Å²) in [7, 11) is 4.03. The van der Waals surface area contributed by atoms with Crippen LogP contribution < -0.4 is 5.32 Å². The van der Waals surface area contributed by atoms with Crippen molar-refractivity contribution in [3.05, 3.63) is 10.6 Å². The van der Waals surface area contributed by atoms with E-state index in [0.29, 0.717) is 11.7 Å². The quantitative estimate of drug-likeness (QED) is 0.585. The number of nitrogens with zero attached hydrogens (tertiary/aromatic N) is 3. The zero-order valence-electron chi connectivity index (χ0n) is 17.8. The van der Waals surface area contributed by atoms with Crippen molar-refractivity contribution in [3.63, 3.8) is 0 Å². The van der Waals surface area contributed by atoms with Gasteiger partial charge in [-0.3, -0.25) is 9.59 Å². The van der Waals surface area contributed by atoms with Crippen LogP contribution in [0.4, 0.5) is 5.13 Å². The Morgan fingerprint density at radius 1 is 1.15 bits per heavy atom. The number of amides is 2. The maximum Gasteiger partial charge on any atom is 0.245 e. The van der Waals surface area contributed by atoms with Crippen LogP contribution in [-0.4, -0.2) is 60.3 Å². The Labute approximate surface area is 168 Å². The molecule has 1 atom stereocenters. The Kier molecular flexibility index (Phi) is 10.5. The number of nitrogens with one attached hydrogen (secondary N) is 1. The molecule has 0 aliphatic carbocycles. The largest absolute Gasteiger partial charge is 0.333 e. The number of aryl methyl sites for hydroxylation is 2. The van der Waals surface area contributed by atoms with E-state index < -0.39 is 0 Å². The van der Waals surface area contributed by atoms with Gasteiger partial charge in [-0.1, -0.05) is 26.7 Å². The number of anilines is 1. The Morgan fingerprint density at radius 2 is 1.85 bits per heavy atom. The fourth-order valence-electron chi connectivity index (χ4n) is 2.91. The number of aromatic nitrogens is 1. The van der Waals surface area contributed by atoms with Crippen LogP contribution in [0.15, 0.2) is 0 Å². The van der Waals surface area contributed by atoms with Gasteiger partial charge in [0.05, 0.1) is 12.2 Å². The molecule has 0 fully saturated rings. The fraction of sp³-hybridized carbons (Fsp3) is 0.750. The maximum absolute atomic E-state index is 13.0. The smallest absolute Gasteiger partial charge is 0.245 e. The predicted molar refractivity (Wildman–Crippen MR) is 113 cm³/mol. The summed E-state index contributed by atoms with van der Waals surface area (Å²) in [4.78, 5) is 34.8. The van der Waals surface area contributed by atoms with E-state index in [2.05, 4.69) is 29.0 Å². The first-order valence-corrected chi connectivity index (χ1v) is 10.8. The third-order valence-electron chi connectivity index (χ3n) is 4.70. The lowest BCUT2D eigenvalue weighted by molar-refractivity contribution is -0.138. The molecule has 1 heterocycles. The molecule has 0 spiro atoms. The van der Waals surface area contributed by atoms with Gasteiger partial charge in [0.1, 0.15) is 0 Å². The van der Waals surface area contributed by atoms with E-state index in [1.165, 1.54) is 11.3 Å². The van der Waals surface area contributed by atoms with Gasteiger partial charge in [-0.05, 0) is 53.8 Å². The Hall–Kier alpha value is -1.47. The highest BCUT2D eigenvalue weighted by Crippen LogP contribution is 2.21. The second-order valence-corrected chi connectivity index (χ2v) is 8.58. The number of hydrogen-bond acceptors (Lipinski definition) is 5. The SMILES string of the molecule is CCCCC(CC)C(=O)N(CCCN(C)C)CC(=O)Nc1nc(C)c(C)s1. The summed E-state index contributed by atoms with van der Waals surface area (Å²) in [5, 5.41) is 3.46. The van der Waals surface area contributed by atoms with Crippen molar-refractivity contribution in [2.75, 3.05) is 39.0 Å². The molecule has 1 N–H and O–H groups in total. The first kappa shape index (κ1) is 23.6. The number of hydrogen-bond donors (Lipinski definition) is 1. The average Bonchev–Trinajstić information content (AvgIpc) is 2.91. The Morgan fingerprint density at radius 3 is 2.37 bits per heavy atom. The van der Waals surface area contributed by atoms with Gasteiger partial charge in [-0.25, -0.2) is 4.98 Å². The average molecular weight is 397 g/mol. The van der Waals surface area contributed by atoms with Crippen LogP contribution in [0, 0.1) is 19.8 Å². The van der Waals surface area contributed by atoms with Gasteiger partial charge in [-0.15, -0.1) is 11.3 Å². The van der Waals surface area contributed by atoms with Gasteiger partial charge in [0.2, 0.25) is 11.8 Å². The number of carbonyl (C=O) groups excluding carboxylic acids is 2. The molecule has 0 saturated carbocycles. The summed E-state index contributed by atoms with van der Waals surface area (Å²) in [6.45, 7) is 9.68. The van der Waals surface area contributed by atoms with Crippen LogP contribution in [0.25, 0.3) is 0 Å². The summed E-state index contributed by atoms with van der Waals surface area (Å²) >= 11 is 1.47. The molecule has 7 heteroatoms. The summed E-state index contributed by atoms with van der Waals surface area (Å²) < 4.78 is 0. The van der Waals surface area contributed by atoms with E-state index in [4.69, 9.17) is 0 Å². The van der Waals surface area contributed by atoms with Crippen molar-refractivity contribution < 1.29 is 9.59 Å². The lowest BCUT2D eigenvalue weighted by Crippen LogP contribution is -2.42. The molecular weight excluding hydrogens is 360 g/mol. The molecule has 2 amide bonds. The number of rotatable bonds is 12. The Bertz CT molecular complexity index is 581. The van der Waals surface area contributed by atoms with Crippen LogP contribution >= 0.6 is 11.3 Å². The van der Waals surface area contributed by atoms with Gasteiger partial charge in [0.15, 0.2) is 5.13 Å². The van der Waals surface area contributed by atoms with Crippen molar-refractivity contribution in [3.8, 4) is 0 Å². The zero-order chi connectivity index (χ0) is 20.4. The molecule has 154 valence electrons. The van der Waals surface area contributed by atoms with Crippen molar-refractivity contribution in [2.45, 2.75) is 59.8 Å². The highest BCUT2D eigenvalue weighted by molar-refractivity contribution is 7.15. The van der Waals surface area contributed by atoms with Crippen LogP contribution in [0.3, 0.4) is 0 Å². The number of carbonyl (C=O) groups is 2. The second-order valence-electron chi connectivity index (χ2n) is 7.37. The van der Waals surface area contributed by atoms with E-state index in [9.17, 15) is 9.59 Å². The highest BCUT2D eigenvalue weighted by Gasteiger charge is 2.24. The maximum atomic E-state index is 13.0. The minimum absolute atomic E-state index is 0.00135. The summed E-state index contributed by atoms with van der Waals surface area (Å²) in [5.74, 6) is -0.0693. The Balaban J connectivity index is 2.76. The van der Waals surface area contributed by atoms with E-state index in [1.54, 1.807) is 4.90 Å². The molecule has 0 saturated heterocycles. The molecule has 6 nitrogen and oxygen atoms in total. The lowest BCUT2D eigenvalue weighted by Gasteiger charge is -2.27. The summed E-state index contributed by atoms with van der Waals surface area (Å²) in [6, 6.07) is 0. The molecule has 0 aliphatic rings. The fourth-order valence-corrected chi connectivity index (χ4v) is 3.75. The molecule has 1 aromatic heterocycles. The summed E-state index contributed by atoms with van der Waals surface area (Å²) in [6.07, 6.45) is 4.68. The lowest BCUT2D eigenvalue weighted by atomic mass is 9.97. The van der Waals surface area contributed by atoms with Crippen molar-refractivity contribution in [1.82, 2.24) is 14.8 Å². The van der Waals surface area contributed by atoms with Crippen molar-refractivity contribution >= 4 is 28.3 Å². The topological polar surface area (TPSA) is 65.5 Å². The molecule has 1 rings (SSSR count). The monoisotopic (exact) mass is 396 g/mol. The predicted octanol–water partition coefficient (Wildman–Crippen LogP) is 3.70.